The van der Waals surface area contributed by atoms with Crippen LogP contribution in [0, 0.1) is 5.92 Å². The Hall–Kier alpha value is -1.56. The minimum Gasteiger partial charge on any atom is -0.481 e. The van der Waals surface area contributed by atoms with Crippen molar-refractivity contribution in [1.82, 2.24) is 5.32 Å². The molecule has 116 valence electrons. The number of hydrogen-bond acceptors (Lipinski definition) is 4. The molecule has 0 saturated heterocycles. The number of ketones is 1. The van der Waals surface area contributed by atoms with E-state index in [0.717, 1.165) is 6.42 Å². The highest BCUT2D eigenvalue weighted by Crippen LogP contribution is 2.31. The zero-order chi connectivity index (χ0) is 16.0. The van der Waals surface area contributed by atoms with Crippen molar-refractivity contribution in [3.05, 3.63) is 22.2 Å². The Morgan fingerprint density at radius 3 is 2.62 bits per heavy atom. The summed E-state index contributed by atoms with van der Waals surface area (Å²) < 4.78 is 6.12. The molecule has 0 unspecified atom stereocenters. The van der Waals surface area contributed by atoms with Gasteiger partial charge in [0.2, 0.25) is 0 Å². The third-order valence-corrected chi connectivity index (χ3v) is 3.31. The van der Waals surface area contributed by atoms with Crippen LogP contribution in [0.4, 0.5) is 5.69 Å². The molecular weight excluding hydrogens is 336 g/mol. The Balaban J connectivity index is 2.67. The number of amides is 1. The number of anilines is 1. The maximum atomic E-state index is 11.7. The highest BCUT2D eigenvalue weighted by Gasteiger charge is 2.15. The number of carbonyl (C=O) groups excluding carboxylic acids is 2. The topological polar surface area (TPSA) is 81.4 Å². The van der Waals surface area contributed by atoms with E-state index >= 15 is 0 Å². The fourth-order valence-corrected chi connectivity index (χ4v) is 2.20. The molecule has 1 aromatic rings. The first-order valence-electron chi connectivity index (χ1n) is 6.80. The molecule has 1 rings (SSSR count). The summed E-state index contributed by atoms with van der Waals surface area (Å²) in [5, 5.41) is 2.76. The number of halogens is 1. The molecule has 0 radical (unpaired) electrons. The molecule has 0 aliphatic rings. The molecule has 1 aromatic carbocycles. The number of nitrogen functional groups attached to an aromatic ring is 1. The lowest BCUT2D eigenvalue weighted by Crippen LogP contribution is -2.30. The number of hydrogen-bond donors (Lipinski definition) is 2. The van der Waals surface area contributed by atoms with Crippen molar-refractivity contribution in [2.24, 2.45) is 5.92 Å². The van der Waals surface area contributed by atoms with Gasteiger partial charge in [0.05, 0.1) is 11.3 Å². The minimum atomic E-state index is -0.229. The van der Waals surface area contributed by atoms with E-state index in [1.807, 2.05) is 0 Å². The third kappa shape index (κ3) is 5.75. The lowest BCUT2D eigenvalue weighted by atomic mass is 10.1. The predicted octanol–water partition coefficient (Wildman–Crippen LogP) is 2.78. The molecule has 6 heteroatoms. The standard InChI is InChI=1S/C15H21BrN2O3/c1-9(2)4-5-18-14(20)8-21-15-12(10(3)19)6-11(16)7-13(15)17/h6-7,9H,4-5,8,17H2,1-3H3,(H,18,20). The molecular formula is C15H21BrN2O3. The van der Waals surface area contributed by atoms with E-state index in [1.54, 1.807) is 12.1 Å². The van der Waals surface area contributed by atoms with E-state index in [0.29, 0.717) is 28.2 Å². The second-order valence-corrected chi connectivity index (χ2v) is 6.16. The maximum absolute atomic E-state index is 11.7. The molecule has 3 N–H and O–H groups in total. The second-order valence-electron chi connectivity index (χ2n) is 5.25. The van der Waals surface area contributed by atoms with Crippen LogP contribution in [0.5, 0.6) is 5.75 Å². The number of carbonyl (C=O) groups is 2. The predicted molar refractivity (Wildman–Crippen MR) is 86.5 cm³/mol. The van der Waals surface area contributed by atoms with Gasteiger partial charge in [0, 0.05) is 11.0 Å². The van der Waals surface area contributed by atoms with Gasteiger partial charge in [-0.1, -0.05) is 29.8 Å². The summed E-state index contributed by atoms with van der Waals surface area (Å²) in [5.41, 5.74) is 6.53. The molecule has 0 spiro atoms. The van der Waals surface area contributed by atoms with Crippen LogP contribution in [0.25, 0.3) is 0 Å². The summed E-state index contributed by atoms with van der Waals surface area (Å²) in [5.74, 6) is 0.382. The van der Waals surface area contributed by atoms with Crippen molar-refractivity contribution in [3.8, 4) is 5.75 Å². The summed E-state index contributed by atoms with van der Waals surface area (Å²) in [4.78, 5) is 23.3. The van der Waals surface area contributed by atoms with Crippen molar-refractivity contribution in [2.75, 3.05) is 18.9 Å². The van der Waals surface area contributed by atoms with Gasteiger partial charge in [-0.15, -0.1) is 0 Å². The van der Waals surface area contributed by atoms with Crippen molar-refractivity contribution in [3.63, 3.8) is 0 Å². The van der Waals surface area contributed by atoms with Gasteiger partial charge in [-0.2, -0.15) is 0 Å². The van der Waals surface area contributed by atoms with Gasteiger partial charge in [0.1, 0.15) is 0 Å². The van der Waals surface area contributed by atoms with Gasteiger partial charge in [-0.25, -0.2) is 0 Å². The Labute approximate surface area is 133 Å². The zero-order valence-electron chi connectivity index (χ0n) is 12.5. The number of Topliss-reactive ketones (excluding diaryl/α,β-unsaturated/α-hetero) is 1. The molecule has 0 aliphatic heterocycles. The van der Waals surface area contributed by atoms with Gasteiger partial charge in [-0.05, 0) is 31.4 Å². The van der Waals surface area contributed by atoms with E-state index < -0.39 is 0 Å². The number of nitrogens with one attached hydrogen (secondary N) is 1. The van der Waals surface area contributed by atoms with Crippen LogP contribution in [-0.4, -0.2) is 24.8 Å². The van der Waals surface area contributed by atoms with Crippen molar-refractivity contribution in [1.29, 1.82) is 0 Å². The summed E-state index contributed by atoms with van der Waals surface area (Å²) in [6.45, 7) is 6.05. The fourth-order valence-electron chi connectivity index (χ4n) is 1.73. The first kappa shape index (κ1) is 17.5. The Morgan fingerprint density at radius 2 is 2.05 bits per heavy atom. The van der Waals surface area contributed by atoms with Crippen LogP contribution in [0.15, 0.2) is 16.6 Å². The summed E-state index contributed by atoms with van der Waals surface area (Å²) in [6, 6.07) is 3.27. The van der Waals surface area contributed by atoms with Crippen LogP contribution in [-0.2, 0) is 4.79 Å². The molecule has 21 heavy (non-hydrogen) atoms. The monoisotopic (exact) mass is 356 g/mol. The largest absolute Gasteiger partial charge is 0.481 e. The van der Waals surface area contributed by atoms with E-state index in [-0.39, 0.29) is 24.0 Å². The number of benzene rings is 1. The summed E-state index contributed by atoms with van der Waals surface area (Å²) in [6.07, 6.45) is 0.908. The smallest absolute Gasteiger partial charge is 0.257 e. The molecule has 0 aliphatic carbocycles. The Bertz CT molecular complexity index is 530. The van der Waals surface area contributed by atoms with Crippen LogP contribution in [0.3, 0.4) is 0 Å². The van der Waals surface area contributed by atoms with E-state index in [1.165, 1.54) is 6.92 Å². The quantitative estimate of drug-likeness (QED) is 0.581. The lowest BCUT2D eigenvalue weighted by Gasteiger charge is -2.13. The molecule has 0 heterocycles. The van der Waals surface area contributed by atoms with E-state index in [4.69, 9.17) is 10.5 Å². The number of nitrogens with two attached hydrogens (primary N) is 1. The van der Waals surface area contributed by atoms with E-state index in [2.05, 4.69) is 35.1 Å². The molecule has 0 fully saturated rings. The first-order chi connectivity index (χ1) is 9.81. The van der Waals surface area contributed by atoms with Crippen molar-refractivity contribution < 1.29 is 14.3 Å². The summed E-state index contributed by atoms with van der Waals surface area (Å²) >= 11 is 3.28. The highest BCUT2D eigenvalue weighted by atomic mass is 79.9. The van der Waals surface area contributed by atoms with Crippen LogP contribution >= 0.6 is 15.9 Å². The molecule has 1 amide bonds. The molecule has 0 aromatic heterocycles. The second kappa shape index (κ2) is 8.02. The SMILES string of the molecule is CC(=O)c1cc(Br)cc(N)c1OCC(=O)NCCC(C)C. The lowest BCUT2D eigenvalue weighted by molar-refractivity contribution is -0.123. The fraction of sp³-hybridized carbons (Fsp3) is 0.467. The number of rotatable bonds is 7. The van der Waals surface area contributed by atoms with Crippen LogP contribution < -0.4 is 15.8 Å². The average Bonchev–Trinajstić information content (AvgIpc) is 2.36. The van der Waals surface area contributed by atoms with Crippen LogP contribution in [0.2, 0.25) is 0 Å². The minimum absolute atomic E-state index is 0.162. The Kier molecular flexibility index (Phi) is 6.68. The van der Waals surface area contributed by atoms with Gasteiger partial charge in [-0.3, -0.25) is 9.59 Å². The first-order valence-corrected chi connectivity index (χ1v) is 7.60. The Morgan fingerprint density at radius 1 is 1.38 bits per heavy atom. The van der Waals surface area contributed by atoms with Crippen molar-refractivity contribution >= 4 is 33.3 Å². The van der Waals surface area contributed by atoms with Crippen molar-refractivity contribution in [2.45, 2.75) is 27.2 Å². The normalized spacial score (nSPS) is 10.5. The van der Waals surface area contributed by atoms with E-state index in [9.17, 15) is 9.59 Å². The van der Waals surface area contributed by atoms with Crippen LogP contribution in [0.1, 0.15) is 37.6 Å². The zero-order valence-corrected chi connectivity index (χ0v) is 14.1. The van der Waals surface area contributed by atoms with Gasteiger partial charge >= 0.3 is 0 Å². The molecule has 0 atom stereocenters. The average molecular weight is 357 g/mol. The third-order valence-electron chi connectivity index (χ3n) is 2.85. The molecule has 5 nitrogen and oxygen atoms in total. The van der Waals surface area contributed by atoms with Gasteiger partial charge < -0.3 is 15.8 Å². The number of ether oxygens (including phenoxy) is 1. The summed E-state index contributed by atoms with van der Waals surface area (Å²) in [7, 11) is 0. The highest BCUT2D eigenvalue weighted by molar-refractivity contribution is 9.10. The maximum Gasteiger partial charge on any atom is 0.257 e. The van der Waals surface area contributed by atoms with Gasteiger partial charge in [0.25, 0.3) is 5.91 Å². The van der Waals surface area contributed by atoms with Gasteiger partial charge in [0.15, 0.2) is 18.1 Å². The molecule has 0 bridgehead atoms. The molecule has 0 saturated carbocycles.